The van der Waals surface area contributed by atoms with E-state index in [0.29, 0.717) is 6.54 Å². The van der Waals surface area contributed by atoms with Gasteiger partial charge in [-0.3, -0.25) is 0 Å². The quantitative estimate of drug-likeness (QED) is 0.778. The SMILES string of the molecule is CC(C)(C)OC(=O)NCCC1(N)CCCC1. The van der Waals surface area contributed by atoms with Gasteiger partial charge in [0, 0.05) is 12.1 Å². The third kappa shape index (κ3) is 4.84. The van der Waals surface area contributed by atoms with Crippen molar-refractivity contribution in [1.82, 2.24) is 5.32 Å². The van der Waals surface area contributed by atoms with Crippen LogP contribution in [0.25, 0.3) is 0 Å². The number of amides is 1. The van der Waals surface area contributed by atoms with Crippen molar-refractivity contribution in [3.05, 3.63) is 0 Å². The highest BCUT2D eigenvalue weighted by Crippen LogP contribution is 2.29. The van der Waals surface area contributed by atoms with E-state index in [9.17, 15) is 4.79 Å². The standard InChI is InChI=1S/C12H24N2O2/c1-11(2,3)16-10(15)14-9-8-12(13)6-4-5-7-12/h4-9,13H2,1-3H3,(H,14,15). The summed E-state index contributed by atoms with van der Waals surface area (Å²) < 4.78 is 5.14. The number of carbonyl (C=O) groups excluding carboxylic acids is 1. The molecule has 0 heterocycles. The zero-order valence-corrected chi connectivity index (χ0v) is 10.6. The van der Waals surface area contributed by atoms with Crippen LogP contribution >= 0.6 is 0 Å². The summed E-state index contributed by atoms with van der Waals surface area (Å²) in [6.07, 6.45) is 5.05. The molecule has 0 aliphatic heterocycles. The van der Waals surface area contributed by atoms with Gasteiger partial charge in [-0.2, -0.15) is 0 Å². The Morgan fingerprint density at radius 2 is 1.94 bits per heavy atom. The number of nitrogens with one attached hydrogen (secondary N) is 1. The molecular weight excluding hydrogens is 204 g/mol. The average molecular weight is 228 g/mol. The molecule has 0 atom stereocenters. The fourth-order valence-corrected chi connectivity index (χ4v) is 2.06. The van der Waals surface area contributed by atoms with E-state index in [0.717, 1.165) is 19.3 Å². The maximum Gasteiger partial charge on any atom is 0.407 e. The minimum absolute atomic E-state index is 0.0605. The fraction of sp³-hybridized carbons (Fsp3) is 0.917. The van der Waals surface area contributed by atoms with Crippen LogP contribution in [-0.2, 0) is 4.74 Å². The average Bonchev–Trinajstić information content (AvgIpc) is 2.49. The van der Waals surface area contributed by atoms with Crippen LogP contribution in [0, 0.1) is 0 Å². The van der Waals surface area contributed by atoms with Crippen molar-refractivity contribution in [2.45, 2.75) is 64.0 Å². The van der Waals surface area contributed by atoms with Gasteiger partial charge in [-0.05, 0) is 40.0 Å². The van der Waals surface area contributed by atoms with Crippen molar-refractivity contribution >= 4 is 6.09 Å². The molecule has 1 rings (SSSR count). The van der Waals surface area contributed by atoms with E-state index in [4.69, 9.17) is 10.5 Å². The van der Waals surface area contributed by atoms with Gasteiger partial charge in [0.1, 0.15) is 5.60 Å². The summed E-state index contributed by atoms with van der Waals surface area (Å²) in [6, 6.07) is 0. The highest BCUT2D eigenvalue weighted by atomic mass is 16.6. The van der Waals surface area contributed by atoms with Crippen LogP contribution < -0.4 is 11.1 Å². The van der Waals surface area contributed by atoms with Gasteiger partial charge < -0.3 is 15.8 Å². The summed E-state index contributed by atoms with van der Waals surface area (Å²) in [4.78, 5) is 11.4. The minimum atomic E-state index is -0.433. The molecule has 0 bridgehead atoms. The summed E-state index contributed by atoms with van der Waals surface area (Å²) in [7, 11) is 0. The lowest BCUT2D eigenvalue weighted by Gasteiger charge is -2.24. The lowest BCUT2D eigenvalue weighted by molar-refractivity contribution is 0.0524. The molecule has 0 unspecified atom stereocenters. The third-order valence-electron chi connectivity index (χ3n) is 2.89. The molecule has 94 valence electrons. The van der Waals surface area contributed by atoms with Gasteiger partial charge in [-0.1, -0.05) is 12.8 Å². The second kappa shape index (κ2) is 5.04. The monoisotopic (exact) mass is 228 g/mol. The number of alkyl carbamates (subject to hydrolysis) is 1. The highest BCUT2D eigenvalue weighted by Gasteiger charge is 2.28. The molecule has 3 N–H and O–H groups in total. The van der Waals surface area contributed by atoms with Crippen LogP contribution in [0.2, 0.25) is 0 Å². The minimum Gasteiger partial charge on any atom is -0.444 e. The second-order valence-corrected chi connectivity index (χ2v) is 5.75. The number of nitrogens with two attached hydrogens (primary N) is 1. The van der Waals surface area contributed by atoms with E-state index in [1.807, 2.05) is 20.8 Å². The molecule has 0 aromatic heterocycles. The molecule has 4 nitrogen and oxygen atoms in total. The van der Waals surface area contributed by atoms with E-state index >= 15 is 0 Å². The highest BCUT2D eigenvalue weighted by molar-refractivity contribution is 5.67. The number of hydrogen-bond acceptors (Lipinski definition) is 3. The van der Waals surface area contributed by atoms with Gasteiger partial charge in [0.15, 0.2) is 0 Å². The smallest absolute Gasteiger partial charge is 0.407 e. The van der Waals surface area contributed by atoms with E-state index < -0.39 is 5.60 Å². The number of hydrogen-bond donors (Lipinski definition) is 2. The van der Waals surface area contributed by atoms with Gasteiger partial charge in [0.2, 0.25) is 0 Å². The van der Waals surface area contributed by atoms with Crippen molar-refractivity contribution in [2.75, 3.05) is 6.54 Å². The number of rotatable bonds is 3. The van der Waals surface area contributed by atoms with Crippen molar-refractivity contribution in [1.29, 1.82) is 0 Å². The van der Waals surface area contributed by atoms with Gasteiger partial charge in [-0.15, -0.1) is 0 Å². The van der Waals surface area contributed by atoms with Crippen LogP contribution in [0.1, 0.15) is 52.9 Å². The molecule has 16 heavy (non-hydrogen) atoms. The molecule has 1 saturated carbocycles. The topological polar surface area (TPSA) is 64.3 Å². The van der Waals surface area contributed by atoms with Crippen LogP contribution in [0.15, 0.2) is 0 Å². The first kappa shape index (κ1) is 13.3. The van der Waals surface area contributed by atoms with Crippen molar-refractivity contribution in [2.24, 2.45) is 5.73 Å². The molecule has 1 aliphatic carbocycles. The van der Waals surface area contributed by atoms with Gasteiger partial charge in [0.05, 0.1) is 0 Å². The first-order valence-electron chi connectivity index (χ1n) is 6.07. The summed E-state index contributed by atoms with van der Waals surface area (Å²) >= 11 is 0. The Morgan fingerprint density at radius 3 is 2.44 bits per heavy atom. The Bertz CT molecular complexity index is 240. The molecule has 1 fully saturated rings. The van der Waals surface area contributed by atoms with E-state index in [1.54, 1.807) is 0 Å². The molecule has 0 spiro atoms. The Hall–Kier alpha value is -0.770. The zero-order valence-electron chi connectivity index (χ0n) is 10.6. The van der Waals surface area contributed by atoms with Crippen LogP contribution in [0.3, 0.4) is 0 Å². The molecule has 0 aromatic carbocycles. The predicted molar refractivity (Wildman–Crippen MR) is 64.2 cm³/mol. The van der Waals surface area contributed by atoms with E-state index in [1.165, 1.54) is 12.8 Å². The predicted octanol–water partition coefficient (Wildman–Crippen LogP) is 2.17. The van der Waals surface area contributed by atoms with Crippen molar-refractivity contribution in [3.63, 3.8) is 0 Å². The van der Waals surface area contributed by atoms with Crippen molar-refractivity contribution < 1.29 is 9.53 Å². The molecular formula is C12H24N2O2. The molecule has 0 aromatic rings. The largest absolute Gasteiger partial charge is 0.444 e. The van der Waals surface area contributed by atoms with Crippen LogP contribution in [0.4, 0.5) is 4.79 Å². The second-order valence-electron chi connectivity index (χ2n) is 5.75. The normalized spacial score (nSPS) is 19.5. The lowest BCUT2D eigenvalue weighted by atomic mass is 9.95. The van der Waals surface area contributed by atoms with Crippen molar-refractivity contribution in [3.8, 4) is 0 Å². The molecule has 4 heteroatoms. The Morgan fingerprint density at radius 1 is 1.38 bits per heavy atom. The van der Waals surface area contributed by atoms with E-state index in [2.05, 4.69) is 5.32 Å². The first-order chi connectivity index (χ1) is 7.31. The maximum absolute atomic E-state index is 11.4. The summed E-state index contributed by atoms with van der Waals surface area (Å²) in [6.45, 7) is 6.17. The Labute approximate surface area is 97.9 Å². The summed E-state index contributed by atoms with van der Waals surface area (Å²) in [5.41, 5.74) is 5.69. The van der Waals surface area contributed by atoms with E-state index in [-0.39, 0.29) is 11.6 Å². The zero-order chi connectivity index (χ0) is 12.2. The molecule has 1 aliphatic rings. The molecule has 0 saturated heterocycles. The van der Waals surface area contributed by atoms with Crippen LogP contribution in [0.5, 0.6) is 0 Å². The summed E-state index contributed by atoms with van der Waals surface area (Å²) in [5.74, 6) is 0. The fourth-order valence-electron chi connectivity index (χ4n) is 2.06. The first-order valence-corrected chi connectivity index (χ1v) is 6.07. The lowest BCUT2D eigenvalue weighted by Crippen LogP contribution is -2.41. The Balaban J connectivity index is 2.18. The van der Waals surface area contributed by atoms with Gasteiger partial charge >= 0.3 is 6.09 Å². The number of ether oxygens (including phenoxy) is 1. The van der Waals surface area contributed by atoms with Crippen LogP contribution in [-0.4, -0.2) is 23.8 Å². The van der Waals surface area contributed by atoms with Gasteiger partial charge in [0.25, 0.3) is 0 Å². The molecule has 1 amide bonds. The molecule has 0 radical (unpaired) electrons. The number of carbonyl (C=O) groups is 1. The summed E-state index contributed by atoms with van der Waals surface area (Å²) in [5, 5.41) is 2.75. The Kier molecular flexibility index (Phi) is 4.19. The van der Waals surface area contributed by atoms with Gasteiger partial charge in [-0.25, -0.2) is 4.79 Å². The maximum atomic E-state index is 11.4. The third-order valence-corrected chi connectivity index (χ3v) is 2.89.